The Hall–Kier alpha value is -3.12. The summed E-state index contributed by atoms with van der Waals surface area (Å²) in [6, 6.07) is 25.8. The highest BCUT2D eigenvalue weighted by molar-refractivity contribution is 7.85. The maximum Gasteiger partial charge on any atom is 0.573 e. The molecule has 2 N–H and O–H groups in total. The minimum atomic E-state index is -4.74. The third-order valence-corrected chi connectivity index (χ3v) is 7.54. The van der Waals surface area contributed by atoms with E-state index in [0.717, 1.165) is 25.9 Å². The molecule has 0 amide bonds. The molecule has 3 aliphatic rings. The highest BCUT2D eigenvalue weighted by atomic mass is 32.2. The average molecular weight is 593 g/mol. The van der Waals surface area contributed by atoms with Crippen molar-refractivity contribution in [3.05, 3.63) is 95.6 Å². The van der Waals surface area contributed by atoms with Crippen LogP contribution in [0.25, 0.3) is 0 Å². The molecule has 7 nitrogen and oxygen atoms in total. The van der Waals surface area contributed by atoms with E-state index in [2.05, 4.69) is 63.5 Å². The van der Waals surface area contributed by atoms with Crippen molar-refractivity contribution < 1.29 is 35.6 Å². The van der Waals surface area contributed by atoms with Crippen LogP contribution >= 0.6 is 0 Å². The zero-order chi connectivity index (χ0) is 29.6. The maximum absolute atomic E-state index is 12.8. The first-order chi connectivity index (χ1) is 19.4. The number of alkyl halides is 3. The van der Waals surface area contributed by atoms with E-state index >= 15 is 0 Å². The van der Waals surface area contributed by atoms with Crippen LogP contribution in [0.1, 0.15) is 35.4 Å². The van der Waals surface area contributed by atoms with Crippen LogP contribution < -0.4 is 14.8 Å². The van der Waals surface area contributed by atoms with E-state index in [4.69, 9.17) is 9.29 Å². The Morgan fingerprint density at radius 3 is 2.00 bits per heavy atom. The van der Waals surface area contributed by atoms with Gasteiger partial charge in [-0.1, -0.05) is 60.7 Å². The number of hydrogen-bond acceptors (Lipinski definition) is 6. The second-order valence-corrected chi connectivity index (χ2v) is 11.8. The number of ether oxygens (including phenoxy) is 2. The molecular weight excluding hydrogens is 557 g/mol. The highest BCUT2D eigenvalue weighted by Gasteiger charge is 2.46. The first-order valence-electron chi connectivity index (χ1n) is 13.4. The summed E-state index contributed by atoms with van der Waals surface area (Å²) < 4.78 is 74.0. The number of halogens is 3. The SMILES string of the molecule is COc1ccc(OC(F)(F)F)cc1CN[C@H]1C2CCN(CC2)[C@H]1C(c1ccccc1)c1ccccc1.CS(=O)(=O)O. The Kier molecular flexibility index (Phi) is 9.96. The van der Waals surface area contributed by atoms with Crippen LogP contribution in [0.3, 0.4) is 0 Å². The van der Waals surface area contributed by atoms with Gasteiger partial charge in [-0.3, -0.25) is 9.45 Å². The number of fused-ring (bicyclic) bond motifs is 3. The zero-order valence-electron chi connectivity index (χ0n) is 22.9. The number of methoxy groups -OCH3 is 1. The molecule has 2 atom stereocenters. The summed E-state index contributed by atoms with van der Waals surface area (Å²) >= 11 is 0. The van der Waals surface area contributed by atoms with E-state index in [9.17, 15) is 21.6 Å². The summed E-state index contributed by atoms with van der Waals surface area (Å²) in [5.74, 6) is 0.972. The van der Waals surface area contributed by atoms with Gasteiger partial charge in [-0.15, -0.1) is 13.2 Å². The maximum atomic E-state index is 12.8. The number of nitrogens with one attached hydrogen (secondary N) is 1. The van der Waals surface area contributed by atoms with Crippen LogP contribution in [0.5, 0.6) is 11.5 Å². The van der Waals surface area contributed by atoms with E-state index in [1.54, 1.807) is 0 Å². The molecule has 3 fully saturated rings. The standard InChI is InChI=1S/C29H31F3N2O2.CH4O3S/c1-35-25-13-12-24(36-29(30,31)32)18-23(25)19-33-27-22-14-16-34(17-15-22)28(27)26(20-8-4-2-5-9-20)21-10-6-3-7-11-21;1-5(2,3)4/h2-13,18,22,26-28,33H,14-17,19H2,1H3;1H3,(H,2,3,4)/t27-,28-;/m0./s1. The molecule has 3 saturated heterocycles. The first kappa shape index (κ1) is 30.8. The molecule has 0 unspecified atom stereocenters. The summed E-state index contributed by atoms with van der Waals surface area (Å²) in [5, 5.41) is 3.75. The van der Waals surface area contributed by atoms with Gasteiger partial charge in [-0.05, 0) is 61.2 Å². The summed E-state index contributed by atoms with van der Waals surface area (Å²) in [5.41, 5.74) is 3.18. The lowest BCUT2D eigenvalue weighted by atomic mass is 9.70. The van der Waals surface area contributed by atoms with Gasteiger partial charge in [0.1, 0.15) is 11.5 Å². The molecule has 0 saturated carbocycles. The molecule has 3 aromatic carbocycles. The van der Waals surface area contributed by atoms with Crippen LogP contribution in [0, 0.1) is 5.92 Å². The Labute approximate surface area is 239 Å². The molecule has 0 radical (unpaired) electrons. The normalized spacial score (nSPS) is 22.1. The van der Waals surface area contributed by atoms with Gasteiger partial charge in [0.05, 0.1) is 13.4 Å². The number of piperidine rings is 3. The first-order valence-corrected chi connectivity index (χ1v) is 15.2. The largest absolute Gasteiger partial charge is 0.573 e. The van der Waals surface area contributed by atoms with E-state index in [0.29, 0.717) is 30.0 Å². The Morgan fingerprint density at radius 2 is 1.51 bits per heavy atom. The lowest BCUT2D eigenvalue weighted by Crippen LogP contribution is -2.64. The minimum Gasteiger partial charge on any atom is -0.496 e. The molecule has 0 aliphatic carbocycles. The highest BCUT2D eigenvalue weighted by Crippen LogP contribution is 2.42. The van der Waals surface area contributed by atoms with Crippen molar-refractivity contribution >= 4 is 10.1 Å². The van der Waals surface area contributed by atoms with Crippen LogP contribution in [0.15, 0.2) is 78.9 Å². The Morgan fingerprint density at radius 1 is 0.976 bits per heavy atom. The van der Waals surface area contributed by atoms with Crippen molar-refractivity contribution in [2.24, 2.45) is 5.92 Å². The predicted molar refractivity (Wildman–Crippen MR) is 151 cm³/mol. The van der Waals surface area contributed by atoms with Gasteiger partial charge in [0.25, 0.3) is 10.1 Å². The number of benzene rings is 3. The summed E-state index contributed by atoms with van der Waals surface area (Å²) in [4.78, 5) is 2.59. The summed E-state index contributed by atoms with van der Waals surface area (Å²) in [6.45, 7) is 2.50. The second-order valence-electron chi connectivity index (χ2n) is 10.3. The quantitative estimate of drug-likeness (QED) is 0.335. The van der Waals surface area contributed by atoms with Crippen LogP contribution in [0.2, 0.25) is 0 Å². The molecule has 222 valence electrons. The van der Waals surface area contributed by atoms with Crippen LogP contribution in [-0.2, 0) is 16.7 Å². The fraction of sp³-hybridized carbons (Fsp3) is 0.400. The van der Waals surface area contributed by atoms with Crippen molar-refractivity contribution in [2.75, 3.05) is 26.5 Å². The van der Waals surface area contributed by atoms with Gasteiger partial charge in [0, 0.05) is 30.1 Å². The van der Waals surface area contributed by atoms with Gasteiger partial charge >= 0.3 is 6.36 Å². The van der Waals surface area contributed by atoms with Gasteiger partial charge in [-0.25, -0.2) is 0 Å². The van der Waals surface area contributed by atoms with Crippen molar-refractivity contribution in [3.63, 3.8) is 0 Å². The topological polar surface area (TPSA) is 88.1 Å². The Balaban J connectivity index is 0.000000714. The van der Waals surface area contributed by atoms with Crippen molar-refractivity contribution in [1.29, 1.82) is 0 Å². The number of hydrogen-bond donors (Lipinski definition) is 2. The van der Waals surface area contributed by atoms with Crippen molar-refractivity contribution in [2.45, 2.75) is 43.8 Å². The molecule has 2 bridgehead atoms. The lowest BCUT2D eigenvalue weighted by Gasteiger charge is -2.54. The van der Waals surface area contributed by atoms with Gasteiger partial charge in [0.2, 0.25) is 0 Å². The molecule has 0 aromatic heterocycles. The van der Waals surface area contributed by atoms with E-state index < -0.39 is 16.5 Å². The molecular formula is C30H35F3N2O5S. The molecule has 6 rings (SSSR count). The second kappa shape index (κ2) is 13.2. The van der Waals surface area contributed by atoms with E-state index in [1.165, 1.54) is 36.4 Å². The van der Waals surface area contributed by atoms with Crippen molar-refractivity contribution in [1.82, 2.24) is 10.2 Å². The third-order valence-electron chi connectivity index (χ3n) is 7.54. The van der Waals surface area contributed by atoms with E-state index in [1.807, 2.05) is 12.1 Å². The van der Waals surface area contributed by atoms with Crippen LogP contribution in [0.4, 0.5) is 13.2 Å². The van der Waals surface area contributed by atoms with Gasteiger partial charge in [0.15, 0.2) is 0 Å². The van der Waals surface area contributed by atoms with Crippen LogP contribution in [-0.4, -0.2) is 62.8 Å². The molecule has 41 heavy (non-hydrogen) atoms. The fourth-order valence-electron chi connectivity index (χ4n) is 6.01. The molecule has 3 aliphatic heterocycles. The summed E-state index contributed by atoms with van der Waals surface area (Å²) in [6.07, 6.45) is -1.80. The zero-order valence-corrected chi connectivity index (χ0v) is 23.7. The third kappa shape index (κ3) is 8.68. The molecule has 3 heterocycles. The van der Waals surface area contributed by atoms with E-state index in [-0.39, 0.29) is 23.8 Å². The predicted octanol–water partition coefficient (Wildman–Crippen LogP) is 5.48. The minimum absolute atomic E-state index is 0.176. The number of nitrogens with zero attached hydrogens (tertiary/aromatic N) is 1. The smallest absolute Gasteiger partial charge is 0.496 e. The molecule has 11 heteroatoms. The molecule has 3 aromatic rings. The van der Waals surface area contributed by atoms with Crippen molar-refractivity contribution in [3.8, 4) is 11.5 Å². The fourth-order valence-corrected chi connectivity index (χ4v) is 6.01. The van der Waals surface area contributed by atoms with Gasteiger partial charge in [-0.2, -0.15) is 8.42 Å². The monoisotopic (exact) mass is 592 g/mol. The summed E-state index contributed by atoms with van der Waals surface area (Å²) in [7, 11) is -2.14. The Bertz CT molecular complexity index is 1320. The van der Waals surface area contributed by atoms with Gasteiger partial charge < -0.3 is 14.8 Å². The lowest BCUT2D eigenvalue weighted by molar-refractivity contribution is -0.274. The average Bonchev–Trinajstić information content (AvgIpc) is 2.93. The molecule has 0 spiro atoms. The number of rotatable bonds is 8.